The third-order valence-corrected chi connectivity index (χ3v) is 3.25. The van der Waals surface area contributed by atoms with Gasteiger partial charge in [0.1, 0.15) is 0 Å². The van der Waals surface area contributed by atoms with Crippen molar-refractivity contribution in [2.45, 2.75) is 13.5 Å². The molecule has 0 bridgehead atoms. The zero-order chi connectivity index (χ0) is 13.8. The maximum Gasteiger partial charge on any atom is 0.320 e. The molecule has 0 amide bonds. The topological polar surface area (TPSA) is 63.9 Å². The molecule has 0 aliphatic carbocycles. The summed E-state index contributed by atoms with van der Waals surface area (Å²) in [4.78, 5) is 29.9. The Hall–Kier alpha value is -1.73. The first-order chi connectivity index (χ1) is 9.10. The Bertz CT molecular complexity index is 634. The summed E-state index contributed by atoms with van der Waals surface area (Å²) in [5, 5.41) is 1.82. The van der Waals surface area contributed by atoms with Crippen molar-refractivity contribution in [2.75, 3.05) is 20.2 Å². The molecule has 0 atom stereocenters. The number of ether oxygens (including phenoxy) is 1. The minimum atomic E-state index is -0.279. The van der Waals surface area contributed by atoms with Gasteiger partial charge in [-0.2, -0.15) is 0 Å². The first kappa shape index (κ1) is 13.7. The lowest BCUT2D eigenvalue weighted by Gasteiger charge is -2.14. The summed E-state index contributed by atoms with van der Waals surface area (Å²) in [6.07, 6.45) is 1.70. The fourth-order valence-electron chi connectivity index (χ4n) is 1.73. The largest absolute Gasteiger partial charge is 0.465 e. The van der Waals surface area contributed by atoms with Gasteiger partial charge in [0, 0.05) is 24.2 Å². The van der Waals surface area contributed by atoms with Crippen LogP contribution in [-0.2, 0) is 16.1 Å². The van der Waals surface area contributed by atoms with Gasteiger partial charge in [-0.1, -0.05) is 0 Å². The van der Waals surface area contributed by atoms with E-state index in [0.29, 0.717) is 23.8 Å². The van der Waals surface area contributed by atoms with Gasteiger partial charge < -0.3 is 4.74 Å². The second kappa shape index (κ2) is 5.94. The van der Waals surface area contributed by atoms with E-state index in [-0.39, 0.29) is 18.1 Å². The summed E-state index contributed by atoms with van der Waals surface area (Å²) in [6, 6.07) is 1.49. The number of aromatic nitrogens is 2. The monoisotopic (exact) mass is 281 g/mol. The molecule has 0 saturated carbocycles. The maximum absolute atomic E-state index is 11.8. The van der Waals surface area contributed by atoms with E-state index in [1.54, 1.807) is 25.1 Å². The number of likely N-dealkylation sites (N-methyl/N-ethyl adjacent to an activating group) is 1. The van der Waals surface area contributed by atoms with E-state index >= 15 is 0 Å². The van der Waals surface area contributed by atoms with Crippen LogP contribution in [0.15, 0.2) is 22.4 Å². The molecular formula is C12H15N3O3S. The van der Waals surface area contributed by atoms with Gasteiger partial charge in [-0.3, -0.25) is 18.9 Å². The van der Waals surface area contributed by atoms with E-state index in [9.17, 15) is 9.59 Å². The molecule has 0 aliphatic heterocycles. The number of esters is 1. The highest BCUT2D eigenvalue weighted by molar-refractivity contribution is 7.15. The number of fused-ring (bicyclic) bond motifs is 1. The Kier molecular flexibility index (Phi) is 4.28. The van der Waals surface area contributed by atoms with E-state index in [1.807, 2.05) is 5.38 Å². The van der Waals surface area contributed by atoms with Crippen LogP contribution in [0.3, 0.4) is 0 Å². The summed E-state index contributed by atoms with van der Waals surface area (Å²) >= 11 is 1.41. The highest BCUT2D eigenvalue weighted by Gasteiger charge is 2.10. The Morgan fingerprint density at radius 1 is 1.58 bits per heavy atom. The van der Waals surface area contributed by atoms with Gasteiger partial charge in [0.15, 0.2) is 4.96 Å². The molecule has 19 heavy (non-hydrogen) atoms. The van der Waals surface area contributed by atoms with Crippen molar-refractivity contribution >= 4 is 22.3 Å². The second-order valence-corrected chi connectivity index (χ2v) is 4.99. The molecule has 2 aromatic rings. The van der Waals surface area contributed by atoms with E-state index in [2.05, 4.69) is 4.98 Å². The zero-order valence-corrected chi connectivity index (χ0v) is 11.6. The normalized spacial score (nSPS) is 11.1. The van der Waals surface area contributed by atoms with Crippen LogP contribution in [0.25, 0.3) is 4.96 Å². The van der Waals surface area contributed by atoms with Crippen LogP contribution < -0.4 is 5.56 Å². The number of thiazole rings is 1. The summed E-state index contributed by atoms with van der Waals surface area (Å²) in [6.45, 7) is 2.75. The molecule has 7 heteroatoms. The lowest BCUT2D eigenvalue weighted by atomic mass is 10.3. The van der Waals surface area contributed by atoms with Gasteiger partial charge in [0.05, 0.1) is 18.8 Å². The quantitative estimate of drug-likeness (QED) is 0.757. The molecular weight excluding hydrogens is 266 g/mol. The van der Waals surface area contributed by atoms with Crippen molar-refractivity contribution in [2.24, 2.45) is 0 Å². The molecule has 0 aliphatic rings. The van der Waals surface area contributed by atoms with Gasteiger partial charge in [0.2, 0.25) is 0 Å². The Morgan fingerprint density at radius 2 is 2.37 bits per heavy atom. The van der Waals surface area contributed by atoms with Crippen molar-refractivity contribution in [3.05, 3.63) is 33.7 Å². The Morgan fingerprint density at radius 3 is 3.11 bits per heavy atom. The van der Waals surface area contributed by atoms with Crippen LogP contribution in [0, 0.1) is 0 Å². The van der Waals surface area contributed by atoms with Crippen LogP contribution in [0.2, 0.25) is 0 Å². The molecule has 2 aromatic heterocycles. The van der Waals surface area contributed by atoms with Crippen molar-refractivity contribution < 1.29 is 9.53 Å². The lowest BCUT2D eigenvalue weighted by molar-refractivity contribution is -0.144. The van der Waals surface area contributed by atoms with E-state index < -0.39 is 0 Å². The summed E-state index contributed by atoms with van der Waals surface area (Å²) in [5.41, 5.74) is 0.546. The first-order valence-electron chi connectivity index (χ1n) is 5.90. The molecule has 0 fully saturated rings. The van der Waals surface area contributed by atoms with Gasteiger partial charge in [-0.05, 0) is 14.0 Å². The van der Waals surface area contributed by atoms with Crippen molar-refractivity contribution in [3.63, 3.8) is 0 Å². The van der Waals surface area contributed by atoms with Gasteiger partial charge >= 0.3 is 5.97 Å². The number of hydrogen-bond donors (Lipinski definition) is 0. The minimum absolute atomic E-state index is 0.106. The van der Waals surface area contributed by atoms with Crippen molar-refractivity contribution in [3.8, 4) is 0 Å². The molecule has 0 unspecified atom stereocenters. The lowest BCUT2D eigenvalue weighted by Crippen LogP contribution is -2.28. The van der Waals surface area contributed by atoms with Gasteiger partial charge in [-0.25, -0.2) is 4.98 Å². The third kappa shape index (κ3) is 3.39. The fourth-order valence-corrected chi connectivity index (χ4v) is 2.47. The van der Waals surface area contributed by atoms with Crippen LogP contribution in [-0.4, -0.2) is 40.5 Å². The molecule has 2 heterocycles. The molecule has 0 aromatic carbocycles. The van der Waals surface area contributed by atoms with E-state index in [4.69, 9.17) is 4.74 Å². The van der Waals surface area contributed by atoms with E-state index in [0.717, 1.165) is 0 Å². The second-order valence-electron chi connectivity index (χ2n) is 4.12. The van der Waals surface area contributed by atoms with Crippen LogP contribution in [0.1, 0.15) is 12.6 Å². The number of nitrogens with zero attached hydrogens (tertiary/aromatic N) is 3. The number of hydrogen-bond acceptors (Lipinski definition) is 6. The highest BCUT2D eigenvalue weighted by atomic mass is 32.1. The number of carbonyl (C=O) groups excluding carboxylic acids is 1. The fraction of sp³-hybridized carbons (Fsp3) is 0.417. The molecule has 0 N–H and O–H groups in total. The Balaban J connectivity index is 2.08. The molecule has 0 spiro atoms. The summed E-state index contributed by atoms with van der Waals surface area (Å²) in [7, 11) is 1.79. The van der Waals surface area contributed by atoms with Crippen molar-refractivity contribution in [1.29, 1.82) is 0 Å². The third-order valence-electron chi connectivity index (χ3n) is 2.49. The van der Waals surface area contributed by atoms with Gasteiger partial charge in [-0.15, -0.1) is 11.3 Å². The summed E-state index contributed by atoms with van der Waals surface area (Å²) in [5.74, 6) is -0.279. The van der Waals surface area contributed by atoms with Crippen LogP contribution >= 0.6 is 11.3 Å². The predicted molar refractivity (Wildman–Crippen MR) is 72.3 cm³/mol. The van der Waals surface area contributed by atoms with E-state index in [1.165, 1.54) is 21.8 Å². The van der Waals surface area contributed by atoms with Crippen LogP contribution in [0.5, 0.6) is 0 Å². The molecule has 6 nitrogen and oxygen atoms in total. The average Bonchev–Trinajstić information content (AvgIpc) is 2.77. The SMILES string of the molecule is CCOC(=O)CN(C)Cc1cc(=O)n2ccsc2n1. The average molecular weight is 281 g/mol. The molecule has 102 valence electrons. The highest BCUT2D eigenvalue weighted by Crippen LogP contribution is 2.07. The summed E-state index contributed by atoms with van der Waals surface area (Å²) < 4.78 is 6.37. The molecule has 0 saturated heterocycles. The Labute approximate surface area is 114 Å². The maximum atomic E-state index is 11.8. The van der Waals surface area contributed by atoms with Gasteiger partial charge in [0.25, 0.3) is 5.56 Å². The number of carbonyl (C=O) groups is 1. The van der Waals surface area contributed by atoms with Crippen LogP contribution in [0.4, 0.5) is 0 Å². The van der Waals surface area contributed by atoms with Crippen molar-refractivity contribution in [1.82, 2.24) is 14.3 Å². The number of rotatable bonds is 5. The minimum Gasteiger partial charge on any atom is -0.465 e. The standard InChI is InChI=1S/C12H15N3O3S/c1-3-18-11(17)8-14(2)7-9-6-10(16)15-4-5-19-12(15)13-9/h4-6H,3,7-8H2,1-2H3. The zero-order valence-electron chi connectivity index (χ0n) is 10.8. The smallest absolute Gasteiger partial charge is 0.320 e. The first-order valence-corrected chi connectivity index (χ1v) is 6.78. The molecule has 2 rings (SSSR count). The predicted octanol–water partition coefficient (Wildman–Crippen LogP) is 0.751. The molecule has 0 radical (unpaired) electrons.